The fourth-order valence-corrected chi connectivity index (χ4v) is 2.50. The molecule has 2 heteroatoms. The van der Waals surface area contributed by atoms with Crippen molar-refractivity contribution >= 4 is 16.6 Å². The van der Waals surface area contributed by atoms with Crippen LogP contribution in [0.5, 0.6) is 0 Å². The minimum Gasteiger partial charge on any atom is -0.378 e. The molecular weight excluding hydrogens is 244 g/mol. The van der Waals surface area contributed by atoms with E-state index in [4.69, 9.17) is 0 Å². The van der Waals surface area contributed by atoms with Crippen molar-refractivity contribution in [2.24, 2.45) is 0 Å². The molecule has 0 aliphatic rings. The second-order valence-corrected chi connectivity index (χ2v) is 5.11. The average molecular weight is 262 g/mol. The molecule has 100 valence electrons. The quantitative estimate of drug-likeness (QED) is 0.739. The largest absolute Gasteiger partial charge is 0.378 e. The van der Waals surface area contributed by atoms with E-state index < -0.39 is 0 Å². The number of rotatable bonds is 3. The Morgan fingerprint density at radius 3 is 2.55 bits per heavy atom. The van der Waals surface area contributed by atoms with Gasteiger partial charge in [-0.3, -0.25) is 4.98 Å². The van der Waals surface area contributed by atoms with Crippen molar-refractivity contribution in [3.8, 4) is 0 Å². The Labute approximate surface area is 119 Å². The van der Waals surface area contributed by atoms with Gasteiger partial charge in [-0.2, -0.15) is 0 Å². The van der Waals surface area contributed by atoms with Gasteiger partial charge in [-0.05, 0) is 43.2 Å². The lowest BCUT2D eigenvalue weighted by atomic mass is 10.1. The van der Waals surface area contributed by atoms with Gasteiger partial charge in [0.25, 0.3) is 0 Å². The first-order chi connectivity index (χ1) is 9.75. The second-order valence-electron chi connectivity index (χ2n) is 5.11. The van der Waals surface area contributed by atoms with Crippen molar-refractivity contribution in [2.75, 3.05) is 5.32 Å². The number of nitrogens with zero attached hydrogens (tertiary/aromatic N) is 1. The van der Waals surface area contributed by atoms with Crippen LogP contribution in [0.1, 0.15) is 24.1 Å². The van der Waals surface area contributed by atoms with E-state index in [2.05, 4.69) is 66.6 Å². The van der Waals surface area contributed by atoms with Crippen molar-refractivity contribution in [1.29, 1.82) is 0 Å². The molecular formula is C18H18N2. The number of aryl methyl sites for hydroxylation is 1. The first-order valence-electron chi connectivity index (χ1n) is 6.91. The van der Waals surface area contributed by atoms with Gasteiger partial charge < -0.3 is 5.32 Å². The van der Waals surface area contributed by atoms with E-state index in [1.165, 1.54) is 16.5 Å². The standard InChI is InChI=1S/C18H18N2/c1-13-10-11-17(16-9-6-12-19-18(13)16)20-14(2)15-7-4-3-5-8-15/h3-12,14,20H,1-2H3. The number of pyridine rings is 1. The van der Waals surface area contributed by atoms with E-state index in [1.54, 1.807) is 0 Å². The summed E-state index contributed by atoms with van der Waals surface area (Å²) in [6.07, 6.45) is 1.85. The molecule has 0 spiro atoms. The van der Waals surface area contributed by atoms with Gasteiger partial charge in [-0.1, -0.05) is 36.4 Å². The molecule has 20 heavy (non-hydrogen) atoms. The van der Waals surface area contributed by atoms with Crippen LogP contribution in [0.15, 0.2) is 60.8 Å². The smallest absolute Gasteiger partial charge is 0.0751 e. The van der Waals surface area contributed by atoms with Crippen LogP contribution in [0.4, 0.5) is 5.69 Å². The molecule has 0 radical (unpaired) electrons. The van der Waals surface area contributed by atoms with E-state index in [1.807, 2.05) is 18.3 Å². The Morgan fingerprint density at radius 1 is 0.950 bits per heavy atom. The summed E-state index contributed by atoms with van der Waals surface area (Å²) in [4.78, 5) is 4.48. The SMILES string of the molecule is Cc1ccc(NC(C)c2ccccc2)c2cccnc12. The molecule has 2 aromatic carbocycles. The highest BCUT2D eigenvalue weighted by Gasteiger charge is 2.08. The lowest BCUT2D eigenvalue weighted by Gasteiger charge is -2.17. The first kappa shape index (κ1) is 12.7. The Balaban J connectivity index is 1.97. The molecule has 0 aliphatic carbocycles. The number of hydrogen-bond donors (Lipinski definition) is 1. The molecule has 1 aromatic heterocycles. The molecule has 0 saturated heterocycles. The predicted octanol–water partition coefficient (Wildman–Crippen LogP) is 4.72. The summed E-state index contributed by atoms with van der Waals surface area (Å²) in [5.74, 6) is 0. The van der Waals surface area contributed by atoms with Gasteiger partial charge in [-0.25, -0.2) is 0 Å². The Kier molecular flexibility index (Phi) is 3.38. The van der Waals surface area contributed by atoms with Gasteiger partial charge in [0, 0.05) is 23.3 Å². The van der Waals surface area contributed by atoms with Crippen molar-refractivity contribution in [3.63, 3.8) is 0 Å². The number of hydrogen-bond acceptors (Lipinski definition) is 2. The second kappa shape index (κ2) is 5.33. The highest BCUT2D eigenvalue weighted by Crippen LogP contribution is 2.27. The number of fused-ring (bicyclic) bond motifs is 1. The van der Waals surface area contributed by atoms with Crippen LogP contribution in [0.25, 0.3) is 10.9 Å². The summed E-state index contributed by atoms with van der Waals surface area (Å²) >= 11 is 0. The number of aromatic nitrogens is 1. The van der Waals surface area contributed by atoms with Crippen LogP contribution >= 0.6 is 0 Å². The van der Waals surface area contributed by atoms with Gasteiger partial charge in [0.05, 0.1) is 5.52 Å². The predicted molar refractivity (Wildman–Crippen MR) is 85.0 cm³/mol. The average Bonchev–Trinajstić information content (AvgIpc) is 2.51. The lowest BCUT2D eigenvalue weighted by Crippen LogP contribution is -2.07. The van der Waals surface area contributed by atoms with Crippen LogP contribution in [-0.2, 0) is 0 Å². The van der Waals surface area contributed by atoms with Gasteiger partial charge in [0.2, 0.25) is 0 Å². The van der Waals surface area contributed by atoms with E-state index in [9.17, 15) is 0 Å². The Hall–Kier alpha value is -2.35. The lowest BCUT2D eigenvalue weighted by molar-refractivity contribution is 0.887. The summed E-state index contributed by atoms with van der Waals surface area (Å²) in [6, 6.07) is 19.1. The molecule has 0 aliphatic heterocycles. The fourth-order valence-electron chi connectivity index (χ4n) is 2.50. The van der Waals surface area contributed by atoms with E-state index in [0.29, 0.717) is 0 Å². The monoisotopic (exact) mass is 262 g/mol. The number of benzene rings is 2. The normalized spacial score (nSPS) is 12.3. The molecule has 2 nitrogen and oxygen atoms in total. The summed E-state index contributed by atoms with van der Waals surface area (Å²) in [7, 11) is 0. The molecule has 1 heterocycles. The summed E-state index contributed by atoms with van der Waals surface area (Å²) in [5.41, 5.74) is 4.69. The zero-order chi connectivity index (χ0) is 13.9. The maximum absolute atomic E-state index is 4.48. The topological polar surface area (TPSA) is 24.9 Å². The van der Waals surface area contributed by atoms with Crippen molar-refractivity contribution in [3.05, 3.63) is 71.9 Å². The summed E-state index contributed by atoms with van der Waals surface area (Å²) < 4.78 is 0. The summed E-state index contributed by atoms with van der Waals surface area (Å²) in [6.45, 7) is 4.27. The fraction of sp³-hybridized carbons (Fsp3) is 0.167. The molecule has 1 unspecified atom stereocenters. The minimum absolute atomic E-state index is 0.266. The van der Waals surface area contributed by atoms with Gasteiger partial charge in [0.15, 0.2) is 0 Å². The minimum atomic E-state index is 0.266. The molecule has 0 fully saturated rings. The van der Waals surface area contributed by atoms with Gasteiger partial charge >= 0.3 is 0 Å². The third-order valence-corrected chi connectivity index (χ3v) is 3.64. The summed E-state index contributed by atoms with van der Waals surface area (Å²) in [5, 5.41) is 4.76. The van der Waals surface area contributed by atoms with E-state index >= 15 is 0 Å². The molecule has 3 aromatic rings. The van der Waals surface area contributed by atoms with Crippen LogP contribution < -0.4 is 5.32 Å². The molecule has 0 bridgehead atoms. The Morgan fingerprint density at radius 2 is 1.75 bits per heavy atom. The number of anilines is 1. The van der Waals surface area contributed by atoms with Crippen LogP contribution in [0, 0.1) is 6.92 Å². The zero-order valence-electron chi connectivity index (χ0n) is 11.8. The third-order valence-electron chi connectivity index (χ3n) is 3.64. The molecule has 0 amide bonds. The van der Waals surface area contributed by atoms with E-state index in [-0.39, 0.29) is 6.04 Å². The van der Waals surface area contributed by atoms with Crippen LogP contribution in [0.3, 0.4) is 0 Å². The highest BCUT2D eigenvalue weighted by molar-refractivity contribution is 5.93. The molecule has 3 rings (SSSR count). The van der Waals surface area contributed by atoms with Crippen molar-refractivity contribution in [2.45, 2.75) is 19.9 Å². The maximum atomic E-state index is 4.48. The van der Waals surface area contributed by atoms with Crippen LogP contribution in [0.2, 0.25) is 0 Å². The molecule has 1 N–H and O–H groups in total. The Bertz CT molecular complexity index is 720. The third kappa shape index (κ3) is 2.37. The van der Waals surface area contributed by atoms with E-state index in [0.717, 1.165) is 11.2 Å². The highest BCUT2D eigenvalue weighted by atomic mass is 14.9. The van der Waals surface area contributed by atoms with Crippen molar-refractivity contribution < 1.29 is 0 Å². The number of nitrogens with one attached hydrogen (secondary N) is 1. The molecule has 0 saturated carbocycles. The first-order valence-corrected chi connectivity index (χ1v) is 6.91. The van der Waals surface area contributed by atoms with Crippen molar-refractivity contribution in [1.82, 2.24) is 4.98 Å². The van der Waals surface area contributed by atoms with Crippen LogP contribution in [-0.4, -0.2) is 4.98 Å². The van der Waals surface area contributed by atoms with Gasteiger partial charge in [0.1, 0.15) is 0 Å². The maximum Gasteiger partial charge on any atom is 0.0751 e. The molecule has 1 atom stereocenters. The zero-order valence-corrected chi connectivity index (χ0v) is 11.8. The van der Waals surface area contributed by atoms with Gasteiger partial charge in [-0.15, -0.1) is 0 Å².